The van der Waals surface area contributed by atoms with Crippen molar-refractivity contribution in [3.63, 3.8) is 0 Å². The van der Waals surface area contributed by atoms with Gasteiger partial charge in [0.05, 0.1) is 16.3 Å². The van der Waals surface area contributed by atoms with Gasteiger partial charge in [0.2, 0.25) is 0 Å². The molecule has 2 aromatic rings. The lowest BCUT2D eigenvalue weighted by Crippen LogP contribution is -2.37. The van der Waals surface area contributed by atoms with E-state index in [2.05, 4.69) is 12.1 Å². The van der Waals surface area contributed by atoms with Gasteiger partial charge in [0.1, 0.15) is 0 Å². The molecule has 0 radical (unpaired) electrons. The number of para-hydroxylation sites is 1. The first-order valence-electron chi connectivity index (χ1n) is 6.89. The van der Waals surface area contributed by atoms with Gasteiger partial charge in [-0.25, -0.2) is 0 Å². The van der Waals surface area contributed by atoms with Crippen molar-refractivity contribution in [2.24, 2.45) is 0 Å². The van der Waals surface area contributed by atoms with E-state index in [4.69, 9.17) is 11.6 Å². The molecule has 0 fully saturated rings. The van der Waals surface area contributed by atoms with E-state index in [9.17, 15) is 9.59 Å². The summed E-state index contributed by atoms with van der Waals surface area (Å²) in [6, 6.07) is 13.3. The molecule has 1 heterocycles. The third-order valence-electron chi connectivity index (χ3n) is 4.30. The van der Waals surface area contributed by atoms with Crippen molar-refractivity contribution in [1.82, 2.24) is 0 Å². The number of ketones is 1. The maximum atomic E-state index is 12.2. The fraction of sp³-hybridized carbons (Fsp3) is 0.176. The molecule has 2 aliphatic rings. The summed E-state index contributed by atoms with van der Waals surface area (Å²) < 4.78 is 0. The Labute approximate surface area is 127 Å². The lowest BCUT2D eigenvalue weighted by molar-refractivity contribution is -0.114. The predicted octanol–water partition coefficient (Wildman–Crippen LogP) is 3.21. The highest BCUT2D eigenvalue weighted by Gasteiger charge is 2.40. The fourth-order valence-electron chi connectivity index (χ4n) is 3.23. The number of hydrogen-bond donors (Lipinski definition) is 0. The number of Topliss-reactive ketones (excluding diaryl/α,β-unsaturated/α-hetero) is 1. The average Bonchev–Trinajstić information content (AvgIpc) is 2.71. The number of anilines is 1. The topological polar surface area (TPSA) is 37.4 Å². The second-order valence-electron chi connectivity index (χ2n) is 5.48. The van der Waals surface area contributed by atoms with Gasteiger partial charge in [0, 0.05) is 12.5 Å². The van der Waals surface area contributed by atoms with Gasteiger partial charge in [0.15, 0.2) is 0 Å². The first-order chi connectivity index (χ1) is 10.2. The fourth-order valence-corrected chi connectivity index (χ4v) is 3.51. The minimum absolute atomic E-state index is 0.278. The van der Waals surface area contributed by atoms with Crippen LogP contribution in [0.4, 0.5) is 5.69 Å². The highest BCUT2D eigenvalue weighted by Crippen LogP contribution is 2.41. The first kappa shape index (κ1) is 12.6. The van der Waals surface area contributed by atoms with Crippen LogP contribution in [0.25, 0.3) is 0 Å². The zero-order valence-corrected chi connectivity index (χ0v) is 11.9. The summed E-state index contributed by atoms with van der Waals surface area (Å²) in [6.07, 6.45) is 0.938. The number of rotatable bonds is 2. The lowest BCUT2D eigenvalue weighted by atomic mass is 9.77. The van der Waals surface area contributed by atoms with Crippen LogP contribution in [-0.2, 0) is 11.2 Å². The predicted molar refractivity (Wildman–Crippen MR) is 81.0 cm³/mol. The van der Waals surface area contributed by atoms with Crippen molar-refractivity contribution >= 4 is 29.0 Å². The standard InChI is InChI=1S/C17H12ClNO2/c18-14-7-3-6-13-15(14)19(17(21)16(13)20)9-11-8-10-4-1-2-5-12(10)11/h1-7,11H,8-9H2. The van der Waals surface area contributed by atoms with Crippen LogP contribution in [0.15, 0.2) is 42.5 Å². The van der Waals surface area contributed by atoms with Crippen molar-refractivity contribution in [1.29, 1.82) is 0 Å². The van der Waals surface area contributed by atoms with Crippen molar-refractivity contribution in [2.45, 2.75) is 12.3 Å². The van der Waals surface area contributed by atoms with Crippen molar-refractivity contribution in [3.05, 3.63) is 64.2 Å². The molecule has 0 saturated heterocycles. The van der Waals surface area contributed by atoms with Crippen LogP contribution in [-0.4, -0.2) is 18.2 Å². The largest absolute Gasteiger partial charge is 0.303 e. The van der Waals surface area contributed by atoms with E-state index in [1.54, 1.807) is 23.1 Å². The van der Waals surface area contributed by atoms with Gasteiger partial charge in [-0.3, -0.25) is 9.59 Å². The average molecular weight is 298 g/mol. The number of benzene rings is 2. The van der Waals surface area contributed by atoms with Crippen molar-refractivity contribution in [2.75, 3.05) is 11.4 Å². The summed E-state index contributed by atoms with van der Waals surface area (Å²) in [6.45, 7) is 0.512. The van der Waals surface area contributed by atoms with E-state index in [-0.39, 0.29) is 5.92 Å². The van der Waals surface area contributed by atoms with Crippen molar-refractivity contribution in [3.8, 4) is 0 Å². The van der Waals surface area contributed by atoms with Crippen LogP contribution in [0.1, 0.15) is 27.4 Å². The van der Waals surface area contributed by atoms with E-state index < -0.39 is 11.7 Å². The zero-order valence-electron chi connectivity index (χ0n) is 11.2. The number of fused-ring (bicyclic) bond motifs is 2. The Hall–Kier alpha value is -2.13. The number of nitrogens with zero attached hydrogens (tertiary/aromatic N) is 1. The lowest BCUT2D eigenvalue weighted by Gasteiger charge is -2.33. The second kappa shape index (κ2) is 4.43. The highest BCUT2D eigenvalue weighted by atomic mass is 35.5. The van der Waals surface area contributed by atoms with E-state index in [1.165, 1.54) is 11.1 Å². The number of carbonyl (C=O) groups excluding carboxylic acids is 2. The Morgan fingerprint density at radius 2 is 1.90 bits per heavy atom. The molecule has 1 atom stereocenters. The smallest absolute Gasteiger partial charge is 0.299 e. The summed E-state index contributed by atoms with van der Waals surface area (Å²) >= 11 is 6.19. The maximum absolute atomic E-state index is 12.2. The molecular formula is C17H12ClNO2. The van der Waals surface area contributed by atoms with E-state index in [0.717, 1.165) is 6.42 Å². The zero-order chi connectivity index (χ0) is 14.6. The molecule has 2 aromatic carbocycles. The molecule has 0 N–H and O–H groups in total. The van der Waals surface area contributed by atoms with Crippen LogP contribution >= 0.6 is 11.6 Å². The number of amides is 1. The highest BCUT2D eigenvalue weighted by molar-refractivity contribution is 6.54. The Morgan fingerprint density at radius 3 is 2.71 bits per heavy atom. The van der Waals surface area contributed by atoms with E-state index in [0.29, 0.717) is 22.8 Å². The van der Waals surface area contributed by atoms with Gasteiger partial charge < -0.3 is 4.90 Å². The SMILES string of the molecule is O=C1C(=O)N(CC2Cc3ccccc32)c2c(Cl)cccc21. The van der Waals surface area contributed by atoms with Gasteiger partial charge in [-0.2, -0.15) is 0 Å². The van der Waals surface area contributed by atoms with Crippen LogP contribution in [0.3, 0.4) is 0 Å². The van der Waals surface area contributed by atoms with Gasteiger partial charge in [0.25, 0.3) is 11.7 Å². The third kappa shape index (κ3) is 1.74. The van der Waals surface area contributed by atoms with Gasteiger partial charge in [-0.05, 0) is 29.7 Å². The quantitative estimate of drug-likeness (QED) is 0.798. The molecule has 1 aliphatic carbocycles. The number of carbonyl (C=O) groups is 2. The Bertz CT molecular complexity index is 784. The summed E-state index contributed by atoms with van der Waals surface area (Å²) in [4.78, 5) is 25.8. The van der Waals surface area contributed by atoms with Crippen LogP contribution in [0, 0.1) is 0 Å². The molecule has 104 valence electrons. The Balaban J connectivity index is 1.69. The minimum atomic E-state index is -0.470. The molecule has 4 rings (SSSR count). The summed E-state index contributed by atoms with van der Waals surface area (Å²) in [5, 5.41) is 0.458. The molecule has 1 unspecified atom stereocenters. The number of halogens is 1. The molecule has 0 spiro atoms. The molecule has 0 saturated carbocycles. The minimum Gasteiger partial charge on any atom is -0.303 e. The van der Waals surface area contributed by atoms with Crippen LogP contribution in [0.2, 0.25) is 5.02 Å². The number of hydrogen-bond acceptors (Lipinski definition) is 2. The van der Waals surface area contributed by atoms with Gasteiger partial charge in [-0.15, -0.1) is 0 Å². The van der Waals surface area contributed by atoms with Gasteiger partial charge in [-0.1, -0.05) is 41.9 Å². The summed E-state index contributed by atoms with van der Waals surface area (Å²) in [7, 11) is 0. The monoisotopic (exact) mass is 297 g/mol. The molecule has 4 heteroatoms. The molecule has 21 heavy (non-hydrogen) atoms. The molecule has 1 aliphatic heterocycles. The third-order valence-corrected chi connectivity index (χ3v) is 4.61. The van der Waals surface area contributed by atoms with E-state index in [1.807, 2.05) is 12.1 Å². The first-order valence-corrected chi connectivity index (χ1v) is 7.27. The Morgan fingerprint density at radius 1 is 1.10 bits per heavy atom. The summed E-state index contributed by atoms with van der Waals surface area (Å²) in [5.41, 5.74) is 3.57. The van der Waals surface area contributed by atoms with Crippen LogP contribution < -0.4 is 4.90 Å². The molecule has 1 amide bonds. The Kier molecular flexibility index (Phi) is 2.66. The van der Waals surface area contributed by atoms with E-state index >= 15 is 0 Å². The second-order valence-corrected chi connectivity index (χ2v) is 5.89. The van der Waals surface area contributed by atoms with Crippen LogP contribution in [0.5, 0.6) is 0 Å². The van der Waals surface area contributed by atoms with Gasteiger partial charge >= 0.3 is 0 Å². The van der Waals surface area contributed by atoms with Crippen molar-refractivity contribution < 1.29 is 9.59 Å². The molecule has 0 aromatic heterocycles. The molecule has 0 bridgehead atoms. The molecular weight excluding hydrogens is 286 g/mol. The normalized spacial score (nSPS) is 19.3. The molecule has 3 nitrogen and oxygen atoms in total. The summed E-state index contributed by atoms with van der Waals surface area (Å²) in [5.74, 6) is -0.650. The maximum Gasteiger partial charge on any atom is 0.299 e.